The number of hydrogen-bond donors (Lipinski definition) is 9. The van der Waals surface area contributed by atoms with E-state index in [-0.39, 0.29) is 97.5 Å². The van der Waals surface area contributed by atoms with Crippen LogP contribution in [-0.4, -0.2) is 161 Å². The Bertz CT molecular complexity index is 1750. The van der Waals surface area contributed by atoms with Crippen molar-refractivity contribution in [1.29, 1.82) is 0 Å². The lowest BCUT2D eigenvalue weighted by molar-refractivity contribution is -0.156. The number of nitrogens with one attached hydrogen (secondary N) is 2. The lowest BCUT2D eigenvalue weighted by atomic mass is 9.84. The van der Waals surface area contributed by atoms with Crippen molar-refractivity contribution in [3.63, 3.8) is 0 Å². The lowest BCUT2D eigenvalue weighted by Crippen LogP contribution is -2.46. The number of aldehydes is 1. The van der Waals surface area contributed by atoms with Gasteiger partial charge in [0.25, 0.3) is 0 Å². The number of hydrogen-bond acceptors (Lipinski definition) is 17. The minimum Gasteiger partial charge on any atom is -0.469 e. The maximum Gasteiger partial charge on any atom is 0.306 e. The van der Waals surface area contributed by atoms with Gasteiger partial charge < -0.3 is 69.5 Å². The van der Waals surface area contributed by atoms with Crippen LogP contribution >= 0.6 is 0 Å². The summed E-state index contributed by atoms with van der Waals surface area (Å²) < 4.78 is 26.8. The molecule has 482 valence electrons. The van der Waals surface area contributed by atoms with E-state index in [1.54, 1.807) is 6.92 Å². The van der Waals surface area contributed by atoms with Gasteiger partial charge in [-0.05, 0) is 154 Å². The average Bonchev–Trinajstić information content (AvgIpc) is 4.46. The molecule has 8 unspecified atom stereocenters. The maximum absolute atomic E-state index is 12.9. The van der Waals surface area contributed by atoms with E-state index in [2.05, 4.69) is 77.0 Å². The molecule has 2 saturated carbocycles. The summed E-state index contributed by atoms with van der Waals surface area (Å²) in [5.74, 6) is 0.792. The van der Waals surface area contributed by atoms with Crippen LogP contribution in [-0.2, 0) is 42.9 Å². The van der Waals surface area contributed by atoms with Gasteiger partial charge in [-0.2, -0.15) is 0 Å². The number of rotatable bonds is 30. The van der Waals surface area contributed by atoms with E-state index < -0.39 is 24.4 Å². The minimum atomic E-state index is -1.11. The van der Waals surface area contributed by atoms with Gasteiger partial charge in [0.2, 0.25) is 5.91 Å². The van der Waals surface area contributed by atoms with Gasteiger partial charge in [-0.1, -0.05) is 98.5 Å². The fraction of sp³-hybridized carbons (Fsp3) is 0.875. The minimum absolute atomic E-state index is 0.0205. The molecule has 5 rings (SSSR count). The second kappa shape index (κ2) is 43.7. The zero-order valence-corrected chi connectivity index (χ0v) is 53.3. The van der Waals surface area contributed by atoms with Crippen molar-refractivity contribution in [2.45, 2.75) is 291 Å². The van der Waals surface area contributed by atoms with Crippen LogP contribution in [0.5, 0.6) is 0 Å². The van der Waals surface area contributed by atoms with Gasteiger partial charge in [-0.3, -0.25) is 19.7 Å². The molecule has 3 heterocycles. The van der Waals surface area contributed by atoms with Crippen molar-refractivity contribution in [2.24, 2.45) is 34.5 Å². The molecule has 16 atom stereocenters. The molecular weight excluding hydrogens is 1050 g/mol. The number of amides is 1. The summed E-state index contributed by atoms with van der Waals surface area (Å²) in [6, 6.07) is -0.0316. The molecule has 0 spiro atoms. The molecule has 5 aliphatic rings. The molecule has 0 radical (unpaired) electrons. The quantitative estimate of drug-likeness (QED) is 0.0107. The van der Waals surface area contributed by atoms with Crippen LogP contribution in [0.2, 0.25) is 0 Å². The van der Waals surface area contributed by atoms with E-state index >= 15 is 0 Å². The summed E-state index contributed by atoms with van der Waals surface area (Å²) in [7, 11) is 3.17. The van der Waals surface area contributed by atoms with E-state index in [9.17, 15) is 34.8 Å². The molecule has 2 aliphatic carbocycles. The number of aliphatic hydroxyl groups excluding tert-OH is 7. The Hall–Kier alpha value is -2.88. The van der Waals surface area contributed by atoms with Crippen molar-refractivity contribution in [1.82, 2.24) is 10.6 Å². The van der Waals surface area contributed by atoms with Gasteiger partial charge in [-0.15, -0.1) is 0 Å². The highest BCUT2D eigenvalue weighted by molar-refractivity contribution is 5.80. The van der Waals surface area contributed by atoms with Crippen LogP contribution in [0.4, 0.5) is 0 Å². The zero-order chi connectivity index (χ0) is 62.6. The Balaban J connectivity index is 0.00000125. The summed E-state index contributed by atoms with van der Waals surface area (Å²) in [6.07, 6.45) is 16.0. The largest absolute Gasteiger partial charge is 0.469 e. The van der Waals surface area contributed by atoms with Crippen molar-refractivity contribution < 1.29 is 78.6 Å². The molecule has 0 bridgehead atoms. The van der Waals surface area contributed by atoms with Crippen LogP contribution in [0, 0.1) is 34.5 Å². The molecule has 82 heavy (non-hydrogen) atoms. The van der Waals surface area contributed by atoms with Crippen LogP contribution < -0.4 is 10.6 Å². The van der Waals surface area contributed by atoms with Gasteiger partial charge in [0.1, 0.15) is 31.5 Å². The van der Waals surface area contributed by atoms with Crippen molar-refractivity contribution in [2.75, 3.05) is 34.2 Å². The molecule has 3 aliphatic heterocycles. The number of carbonyl (C=O) groups is 4. The first-order chi connectivity index (χ1) is 38.9. The Morgan fingerprint density at radius 3 is 1.91 bits per heavy atom. The summed E-state index contributed by atoms with van der Waals surface area (Å²) >= 11 is 0. The van der Waals surface area contributed by atoms with Crippen molar-refractivity contribution in [3.8, 4) is 0 Å². The number of carbonyl (C=O) groups excluding carboxylic acids is 4. The number of unbranched alkanes of at least 4 members (excludes halogenated alkanes) is 2. The highest BCUT2D eigenvalue weighted by Gasteiger charge is 2.56. The number of cyclic esters (lactones) is 1. The molecular formula is C64H120N2O16. The normalized spacial score (nSPS) is 27.6. The molecule has 18 heteroatoms. The number of esters is 2. The van der Waals surface area contributed by atoms with E-state index in [1.807, 2.05) is 27.8 Å². The van der Waals surface area contributed by atoms with E-state index in [0.29, 0.717) is 75.3 Å². The highest BCUT2D eigenvalue weighted by atomic mass is 16.6. The third-order valence-electron chi connectivity index (χ3n) is 17.6. The maximum atomic E-state index is 12.9. The average molecular weight is 1170 g/mol. The first-order valence-corrected chi connectivity index (χ1v) is 31.4. The fourth-order valence-electron chi connectivity index (χ4n) is 11.3. The Morgan fingerprint density at radius 1 is 0.817 bits per heavy atom. The van der Waals surface area contributed by atoms with Crippen LogP contribution in [0.1, 0.15) is 224 Å². The van der Waals surface area contributed by atoms with Crippen LogP contribution in [0.3, 0.4) is 0 Å². The zero-order valence-electron chi connectivity index (χ0n) is 53.3. The van der Waals surface area contributed by atoms with Gasteiger partial charge in [0, 0.05) is 50.2 Å². The molecule has 0 aromatic rings. The van der Waals surface area contributed by atoms with Crippen LogP contribution in [0.15, 0.2) is 24.3 Å². The predicted octanol–water partition coefficient (Wildman–Crippen LogP) is 8.94. The second-order valence-corrected chi connectivity index (χ2v) is 23.7. The second-order valence-electron chi connectivity index (χ2n) is 23.7. The molecule has 5 fully saturated rings. The van der Waals surface area contributed by atoms with Gasteiger partial charge >= 0.3 is 11.9 Å². The summed E-state index contributed by atoms with van der Waals surface area (Å²) in [5, 5.41) is 72.3. The topological polar surface area (TPSA) is 280 Å². The molecule has 9 N–H and O–H groups in total. The number of ether oxygens (including phenoxy) is 5. The molecule has 3 saturated heterocycles. The van der Waals surface area contributed by atoms with Gasteiger partial charge in [0.15, 0.2) is 0 Å². The third-order valence-corrected chi connectivity index (χ3v) is 17.6. The smallest absolute Gasteiger partial charge is 0.306 e. The Labute approximate surface area is 495 Å². The molecule has 0 aromatic carbocycles. The fourth-order valence-corrected chi connectivity index (χ4v) is 11.3. The lowest BCUT2D eigenvalue weighted by Gasteiger charge is -2.35. The number of aliphatic hydroxyl groups is 7. The third kappa shape index (κ3) is 30.5. The van der Waals surface area contributed by atoms with Gasteiger partial charge in [-0.25, -0.2) is 0 Å². The molecule has 18 nitrogen and oxygen atoms in total. The van der Waals surface area contributed by atoms with Crippen molar-refractivity contribution >= 4 is 24.1 Å². The Kier molecular flexibility index (Phi) is 42.2. The first-order valence-electron chi connectivity index (χ1n) is 31.4. The summed E-state index contributed by atoms with van der Waals surface area (Å²) in [4.78, 5) is 44.6. The SMILES string of the molecule is C=C1CC(C)O[C@H](C)[C@@H]1C.C=C1CC(CC(O)C(=O)NC(CCC[C@@]2([C@H](O)C[C@H]3CCCC(=O)O3)CC2C)C(C)CC)OC(C)C1C.CC.CCO.CN[C@H](CCCCCC1([C@H](O)C[C@H](O)CCCC(=O)OC)CC1)OCO.O=CCO. The number of methoxy groups -OCH3 is 1. The van der Waals surface area contributed by atoms with E-state index in [0.717, 1.165) is 102 Å². The van der Waals surface area contributed by atoms with E-state index in [1.165, 1.54) is 12.7 Å². The molecule has 0 aromatic heterocycles. The summed E-state index contributed by atoms with van der Waals surface area (Å²) in [6.45, 7) is 30.4. The summed E-state index contributed by atoms with van der Waals surface area (Å²) in [5.41, 5.74) is 2.31. The van der Waals surface area contributed by atoms with Gasteiger partial charge in [0.05, 0.1) is 56.4 Å². The van der Waals surface area contributed by atoms with Crippen molar-refractivity contribution in [3.05, 3.63) is 24.3 Å². The highest BCUT2D eigenvalue weighted by Crippen LogP contribution is 2.59. The monoisotopic (exact) mass is 1170 g/mol. The van der Waals surface area contributed by atoms with E-state index in [4.69, 9.17) is 39.1 Å². The standard InChI is InChI=1S/C30H51NO6.C19H37NO6.C9H16O.C2H4O2.C2H6O.C2H6/c1-7-18(2)25(31-29(35)26(32)15-24-14-19(3)21(5)22(6)36-24)11-9-13-30(17-20(30)4)27(33)16-23-10-8-12-28(34)37-23;1-20-17(26-14-21)8-4-3-5-10-19(11-12-19)16(23)13-15(22)7-6-9-18(24)25-2;1-6-5-7(2)10-9(4)8(6)3;3-1-2-4;1-2-3;1-2/h18,20-27,32-33H,3,7-17H2,1-2,4-6H3,(H,31,35);15-17,20-23H,3-14H2,1-2H3;7-9H,1,5H2,2-4H3;1,4H,2H2;3H,2H2,1H3;1-2H3/t18?,20?,21?,22?,23-,24?,25?,26?,27-,30-;15-,16-,17+;7?,8-,9-;;;/m111.../s1. The van der Waals surface area contributed by atoms with Crippen LogP contribution in [0.25, 0.3) is 0 Å². The first kappa shape index (κ1) is 79.1. The Morgan fingerprint density at radius 2 is 1.41 bits per heavy atom. The molecule has 1 amide bonds. The predicted molar refractivity (Wildman–Crippen MR) is 322 cm³/mol.